The zero-order valence-electron chi connectivity index (χ0n) is 27.6. The van der Waals surface area contributed by atoms with E-state index in [1.165, 1.54) is 4.90 Å². The van der Waals surface area contributed by atoms with Crippen molar-refractivity contribution in [3.05, 3.63) is 64.3 Å². The number of alkyl halides is 2. The van der Waals surface area contributed by atoms with Gasteiger partial charge in [-0.15, -0.1) is 0 Å². The van der Waals surface area contributed by atoms with Gasteiger partial charge in [0.2, 0.25) is 11.7 Å². The number of fused-ring (bicyclic) bond motifs is 4. The fourth-order valence-electron chi connectivity index (χ4n) is 7.65. The minimum absolute atomic E-state index is 0.0111. The highest BCUT2D eigenvalue weighted by Crippen LogP contribution is 2.40. The third-order valence-corrected chi connectivity index (χ3v) is 10.2. The average Bonchev–Trinajstić information content (AvgIpc) is 3.80. The van der Waals surface area contributed by atoms with Gasteiger partial charge >= 0.3 is 17.6 Å². The van der Waals surface area contributed by atoms with Gasteiger partial charge in [0.05, 0.1) is 11.0 Å². The van der Waals surface area contributed by atoms with E-state index in [-0.39, 0.29) is 53.3 Å². The highest BCUT2D eigenvalue weighted by Gasteiger charge is 2.39. The van der Waals surface area contributed by atoms with Crippen LogP contribution in [0, 0.1) is 12.8 Å². The molecule has 3 aromatic heterocycles. The van der Waals surface area contributed by atoms with Gasteiger partial charge in [0.1, 0.15) is 17.1 Å². The van der Waals surface area contributed by atoms with Crippen molar-refractivity contribution < 1.29 is 27.9 Å². The molecule has 0 bridgehead atoms. The fourth-order valence-corrected chi connectivity index (χ4v) is 7.65. The number of unbranched alkanes of at least 4 members (excludes halogenated alkanes) is 2. The van der Waals surface area contributed by atoms with Crippen molar-refractivity contribution >= 4 is 50.8 Å². The first kappa shape index (κ1) is 32.7. The van der Waals surface area contributed by atoms with E-state index >= 15 is 8.78 Å². The number of hydrogen-bond acceptors (Lipinski definition) is 7. The molecule has 1 amide bonds. The third-order valence-electron chi connectivity index (χ3n) is 10.2. The quantitative estimate of drug-likeness (QED) is 0.160. The fraction of sp³-hybridized carbons (Fsp3) is 0.472. The summed E-state index contributed by atoms with van der Waals surface area (Å²) in [7, 11) is 0. The van der Waals surface area contributed by atoms with Gasteiger partial charge in [0.25, 0.3) is 0 Å². The number of likely N-dealkylation sites (tertiary alicyclic amines) is 1. The predicted octanol–water partition coefficient (Wildman–Crippen LogP) is 6.53. The van der Waals surface area contributed by atoms with Crippen LogP contribution in [0.4, 0.5) is 14.6 Å². The number of aliphatic carboxylic acids is 1. The summed E-state index contributed by atoms with van der Waals surface area (Å²) < 4.78 is 39.3. The summed E-state index contributed by atoms with van der Waals surface area (Å²) in [5, 5.41) is 10.3. The normalized spacial score (nSPS) is 20.2. The number of aryl methyl sites for hydroxylation is 1. The number of halogens is 2. The second-order valence-corrected chi connectivity index (χ2v) is 13.5. The van der Waals surface area contributed by atoms with Crippen molar-refractivity contribution in [1.29, 1.82) is 0 Å². The summed E-state index contributed by atoms with van der Waals surface area (Å²) in [5.74, 6) is -4.94. The lowest BCUT2D eigenvalue weighted by Crippen LogP contribution is -2.44. The van der Waals surface area contributed by atoms with Gasteiger partial charge < -0.3 is 24.3 Å². The van der Waals surface area contributed by atoms with Crippen molar-refractivity contribution in [3.63, 3.8) is 0 Å². The molecule has 13 heteroatoms. The Morgan fingerprint density at radius 2 is 1.88 bits per heavy atom. The molecule has 7 rings (SSSR count). The van der Waals surface area contributed by atoms with Crippen molar-refractivity contribution in [1.82, 2.24) is 24.4 Å². The van der Waals surface area contributed by atoms with Gasteiger partial charge in [-0.25, -0.2) is 19.6 Å². The summed E-state index contributed by atoms with van der Waals surface area (Å²) in [5.41, 5.74) is 3.48. The number of hydrogen-bond donors (Lipinski definition) is 2. The van der Waals surface area contributed by atoms with Crippen molar-refractivity contribution in [2.45, 2.75) is 83.2 Å². The molecule has 2 aliphatic rings. The maximum absolute atomic E-state index is 15.7. The standard InChI is InChI=1S/C36H40F2N6O5/c1-21-10-8-12-25-29(21)40-35(48)44(25)24-16-19-42(20-22(24)2)28(45)15-4-3-7-17-36(37,38)34-39-30-23-11-5-6-14-27(23)49-31(30)32(41-34)43-18-9-13-26(43)33(46)47/h5-6,8,10-12,14,22,24,26H,3-4,7,9,13,15-20H2,1-2H3,(H,40,48)(H,46,47)/t22-,24-,26-/m0/s1. The molecule has 2 fully saturated rings. The Labute approximate surface area is 280 Å². The molecule has 0 unspecified atom stereocenters. The second-order valence-electron chi connectivity index (χ2n) is 13.5. The molecule has 0 radical (unpaired) electrons. The maximum atomic E-state index is 15.7. The Morgan fingerprint density at radius 3 is 2.67 bits per heavy atom. The smallest absolute Gasteiger partial charge is 0.326 e. The average molecular weight is 675 g/mol. The minimum atomic E-state index is -3.37. The van der Waals surface area contributed by atoms with Gasteiger partial charge in [0.15, 0.2) is 11.4 Å². The Morgan fingerprint density at radius 1 is 1.06 bits per heavy atom. The van der Waals surface area contributed by atoms with E-state index in [1.807, 2.05) is 34.6 Å². The largest absolute Gasteiger partial charge is 0.480 e. The molecule has 3 atom stereocenters. The van der Waals surface area contributed by atoms with E-state index < -0.39 is 30.2 Å². The van der Waals surface area contributed by atoms with Crippen molar-refractivity contribution in [3.8, 4) is 0 Å². The van der Waals surface area contributed by atoms with E-state index in [9.17, 15) is 19.5 Å². The van der Waals surface area contributed by atoms with Crippen LogP contribution < -0.4 is 10.6 Å². The Balaban J connectivity index is 0.979. The molecule has 11 nitrogen and oxygen atoms in total. The lowest BCUT2D eigenvalue weighted by atomic mass is 9.93. The maximum Gasteiger partial charge on any atom is 0.326 e. The molecule has 0 spiro atoms. The summed E-state index contributed by atoms with van der Waals surface area (Å²) in [6.45, 7) is 5.43. The number of piperidine rings is 1. The van der Waals surface area contributed by atoms with Gasteiger partial charge in [-0.2, -0.15) is 8.78 Å². The van der Waals surface area contributed by atoms with Crippen LogP contribution in [-0.4, -0.2) is 67.1 Å². The number of carboxylic acid groups (broad SMARTS) is 1. The molecule has 2 aliphatic heterocycles. The SMILES string of the molecule is Cc1cccc2c1[nH]c(=O)n2[C@H]1CCN(C(=O)CCCCCC(F)(F)c2nc(N3CCC[C@H]3C(=O)O)c3oc4ccccc4c3n2)C[C@@H]1C. The Bertz CT molecular complexity index is 2100. The zero-order chi connectivity index (χ0) is 34.4. The minimum Gasteiger partial charge on any atom is -0.480 e. The predicted molar refractivity (Wildman–Crippen MR) is 181 cm³/mol. The van der Waals surface area contributed by atoms with Gasteiger partial charge in [0, 0.05) is 43.9 Å². The van der Waals surface area contributed by atoms with E-state index in [4.69, 9.17) is 4.42 Å². The molecular weight excluding hydrogens is 634 g/mol. The summed E-state index contributed by atoms with van der Waals surface area (Å²) >= 11 is 0. The molecule has 5 heterocycles. The number of rotatable bonds is 10. The number of carboxylic acids is 1. The van der Waals surface area contributed by atoms with E-state index in [2.05, 4.69) is 21.9 Å². The van der Waals surface area contributed by atoms with Crippen LogP contribution in [0.2, 0.25) is 0 Å². The number of imidazole rings is 1. The van der Waals surface area contributed by atoms with Gasteiger partial charge in [-0.3, -0.25) is 9.36 Å². The Hall–Kier alpha value is -4.81. The number of benzene rings is 2. The van der Waals surface area contributed by atoms with Crippen molar-refractivity contribution in [2.24, 2.45) is 5.92 Å². The van der Waals surface area contributed by atoms with Crippen LogP contribution in [0.25, 0.3) is 33.1 Å². The number of anilines is 1. The number of aromatic nitrogens is 4. The Kier molecular flexibility index (Phi) is 8.62. The van der Waals surface area contributed by atoms with E-state index in [0.717, 1.165) is 16.6 Å². The number of amides is 1. The number of carbonyl (C=O) groups excluding carboxylic acids is 1. The van der Waals surface area contributed by atoms with Crippen LogP contribution in [0.3, 0.4) is 0 Å². The number of nitrogens with zero attached hydrogens (tertiary/aromatic N) is 5. The number of aromatic amines is 1. The topological polar surface area (TPSA) is 138 Å². The number of furan rings is 1. The first-order valence-corrected chi connectivity index (χ1v) is 17.1. The molecule has 5 aromatic rings. The molecule has 258 valence electrons. The first-order chi connectivity index (χ1) is 23.5. The third kappa shape index (κ3) is 6.04. The highest BCUT2D eigenvalue weighted by molar-refractivity contribution is 6.06. The van der Waals surface area contributed by atoms with Crippen LogP contribution in [-0.2, 0) is 15.5 Å². The van der Waals surface area contributed by atoms with Crippen LogP contribution in [0.1, 0.15) is 75.7 Å². The lowest BCUT2D eigenvalue weighted by Gasteiger charge is -2.37. The summed E-state index contributed by atoms with van der Waals surface area (Å²) in [6.07, 6.45) is 2.43. The summed E-state index contributed by atoms with van der Waals surface area (Å²) in [4.78, 5) is 52.8. The first-order valence-electron chi connectivity index (χ1n) is 17.1. The molecule has 0 saturated carbocycles. The summed E-state index contributed by atoms with van der Waals surface area (Å²) in [6, 6.07) is 11.9. The molecular formula is C36H40F2N6O5. The number of para-hydroxylation sites is 2. The van der Waals surface area contributed by atoms with Crippen LogP contribution in [0.15, 0.2) is 51.7 Å². The highest BCUT2D eigenvalue weighted by atomic mass is 19.3. The van der Waals surface area contributed by atoms with Crippen molar-refractivity contribution in [2.75, 3.05) is 24.5 Å². The number of carbonyl (C=O) groups is 2. The monoisotopic (exact) mass is 674 g/mol. The molecule has 2 saturated heterocycles. The molecule has 49 heavy (non-hydrogen) atoms. The van der Waals surface area contributed by atoms with Gasteiger partial charge in [-0.1, -0.05) is 37.6 Å². The zero-order valence-corrected chi connectivity index (χ0v) is 27.6. The van der Waals surface area contributed by atoms with Crippen LogP contribution in [0.5, 0.6) is 0 Å². The van der Waals surface area contributed by atoms with E-state index in [0.29, 0.717) is 62.7 Å². The molecule has 2 aromatic carbocycles. The lowest BCUT2D eigenvalue weighted by molar-refractivity contribution is -0.138. The molecule has 2 N–H and O–H groups in total. The molecule has 0 aliphatic carbocycles. The number of H-pyrrole nitrogens is 1. The van der Waals surface area contributed by atoms with Gasteiger partial charge in [-0.05, 0) is 68.7 Å². The second kappa shape index (κ2) is 12.9. The van der Waals surface area contributed by atoms with E-state index in [1.54, 1.807) is 24.3 Å². The van der Waals surface area contributed by atoms with Crippen LogP contribution >= 0.6 is 0 Å². The number of nitrogens with one attached hydrogen (secondary N) is 1.